The van der Waals surface area contributed by atoms with Crippen LogP contribution in [0.25, 0.3) is 0 Å². The van der Waals surface area contributed by atoms with Crippen LogP contribution in [-0.2, 0) is 13.1 Å². The van der Waals surface area contributed by atoms with Crippen LogP contribution < -0.4 is 5.32 Å². The highest BCUT2D eigenvalue weighted by molar-refractivity contribution is 5.26. The molecule has 1 aromatic carbocycles. The molecule has 0 bridgehead atoms. The van der Waals surface area contributed by atoms with E-state index in [4.69, 9.17) is 0 Å². The molecule has 0 spiro atoms. The smallest absolute Gasteiger partial charge is 0.0230 e. The summed E-state index contributed by atoms with van der Waals surface area (Å²) in [5.41, 5.74) is 2.84. The summed E-state index contributed by atoms with van der Waals surface area (Å²) in [6.45, 7) is 8.82. The van der Waals surface area contributed by atoms with Gasteiger partial charge in [0.25, 0.3) is 0 Å². The highest BCUT2D eigenvalue weighted by Gasteiger charge is 2.10. The van der Waals surface area contributed by atoms with Gasteiger partial charge in [-0.25, -0.2) is 0 Å². The lowest BCUT2D eigenvalue weighted by atomic mass is 10.00. The number of nitrogens with one attached hydrogen (secondary N) is 1. The van der Waals surface area contributed by atoms with E-state index in [1.165, 1.54) is 17.5 Å². The quantitative estimate of drug-likeness (QED) is 0.796. The van der Waals surface area contributed by atoms with Crippen LogP contribution >= 0.6 is 0 Å². The number of hydrogen-bond acceptors (Lipinski definition) is 2. The molecule has 0 aliphatic rings. The van der Waals surface area contributed by atoms with Gasteiger partial charge in [-0.2, -0.15) is 0 Å². The van der Waals surface area contributed by atoms with E-state index in [0.29, 0.717) is 6.04 Å². The minimum Gasteiger partial charge on any atom is -0.310 e. The zero-order valence-corrected chi connectivity index (χ0v) is 12.5. The van der Waals surface area contributed by atoms with Gasteiger partial charge in [0.2, 0.25) is 0 Å². The fourth-order valence-corrected chi connectivity index (χ4v) is 2.05. The first-order valence-electron chi connectivity index (χ1n) is 6.99. The minimum atomic E-state index is 0.572. The fraction of sp³-hybridized carbons (Fsp3) is 0.625. The Morgan fingerprint density at radius 2 is 1.72 bits per heavy atom. The number of benzene rings is 1. The molecule has 0 saturated heterocycles. The van der Waals surface area contributed by atoms with E-state index in [-0.39, 0.29) is 0 Å². The molecule has 1 rings (SSSR count). The summed E-state index contributed by atoms with van der Waals surface area (Å²) >= 11 is 0. The van der Waals surface area contributed by atoms with Crippen molar-refractivity contribution in [2.24, 2.45) is 5.92 Å². The van der Waals surface area contributed by atoms with E-state index >= 15 is 0 Å². The predicted octanol–water partition coefficient (Wildman–Crippen LogP) is 3.27. The van der Waals surface area contributed by atoms with Crippen molar-refractivity contribution in [1.29, 1.82) is 0 Å². The largest absolute Gasteiger partial charge is 0.310 e. The minimum absolute atomic E-state index is 0.572. The van der Waals surface area contributed by atoms with Gasteiger partial charge in [0.05, 0.1) is 0 Å². The maximum absolute atomic E-state index is 3.64. The second-order valence-electron chi connectivity index (χ2n) is 5.56. The molecule has 2 nitrogen and oxygen atoms in total. The van der Waals surface area contributed by atoms with Gasteiger partial charge in [-0.1, -0.05) is 44.5 Å². The Hall–Kier alpha value is -0.860. The lowest BCUT2D eigenvalue weighted by Crippen LogP contribution is -2.31. The maximum atomic E-state index is 3.64. The molecule has 102 valence electrons. The molecule has 1 N–H and O–H groups in total. The SMILES string of the molecule is CCC(C)C(C)NCc1ccccc1CN(C)C. The van der Waals surface area contributed by atoms with Crippen molar-refractivity contribution in [2.45, 2.75) is 46.3 Å². The van der Waals surface area contributed by atoms with Crippen LogP contribution in [0.5, 0.6) is 0 Å². The summed E-state index contributed by atoms with van der Waals surface area (Å²) in [6.07, 6.45) is 1.23. The van der Waals surface area contributed by atoms with Crippen molar-refractivity contribution in [3.05, 3.63) is 35.4 Å². The normalized spacial score (nSPS) is 14.8. The first-order valence-corrected chi connectivity index (χ1v) is 6.99. The van der Waals surface area contributed by atoms with E-state index in [1.54, 1.807) is 0 Å². The van der Waals surface area contributed by atoms with Crippen LogP contribution in [0.4, 0.5) is 0 Å². The van der Waals surface area contributed by atoms with Crippen LogP contribution in [0.1, 0.15) is 38.3 Å². The topological polar surface area (TPSA) is 15.3 Å². The highest BCUT2D eigenvalue weighted by atomic mass is 15.0. The monoisotopic (exact) mass is 248 g/mol. The molecule has 0 heterocycles. The number of nitrogens with zero attached hydrogens (tertiary/aromatic N) is 1. The number of rotatable bonds is 7. The molecule has 2 heteroatoms. The van der Waals surface area contributed by atoms with E-state index in [0.717, 1.165) is 19.0 Å². The van der Waals surface area contributed by atoms with Gasteiger partial charge in [-0.15, -0.1) is 0 Å². The van der Waals surface area contributed by atoms with Gasteiger partial charge < -0.3 is 10.2 Å². The lowest BCUT2D eigenvalue weighted by Gasteiger charge is -2.21. The summed E-state index contributed by atoms with van der Waals surface area (Å²) in [5, 5.41) is 3.64. The molecule has 0 saturated carbocycles. The Morgan fingerprint density at radius 1 is 1.11 bits per heavy atom. The van der Waals surface area contributed by atoms with Gasteiger partial charge in [0.1, 0.15) is 0 Å². The van der Waals surface area contributed by atoms with E-state index in [2.05, 4.69) is 69.3 Å². The van der Waals surface area contributed by atoms with Gasteiger partial charge >= 0.3 is 0 Å². The molecule has 18 heavy (non-hydrogen) atoms. The summed E-state index contributed by atoms with van der Waals surface area (Å²) in [5.74, 6) is 0.728. The summed E-state index contributed by atoms with van der Waals surface area (Å²) in [6, 6.07) is 9.28. The van der Waals surface area contributed by atoms with E-state index in [9.17, 15) is 0 Å². The van der Waals surface area contributed by atoms with Crippen molar-refractivity contribution in [2.75, 3.05) is 14.1 Å². The van der Waals surface area contributed by atoms with Crippen molar-refractivity contribution >= 4 is 0 Å². The standard InChI is InChI=1S/C16H28N2/c1-6-13(2)14(3)17-11-15-9-7-8-10-16(15)12-18(4)5/h7-10,13-14,17H,6,11-12H2,1-5H3. The second kappa shape index (κ2) is 7.55. The van der Waals surface area contributed by atoms with E-state index < -0.39 is 0 Å². The van der Waals surface area contributed by atoms with Crippen LogP contribution in [0.15, 0.2) is 24.3 Å². The third kappa shape index (κ3) is 4.79. The Morgan fingerprint density at radius 3 is 2.28 bits per heavy atom. The summed E-state index contributed by atoms with van der Waals surface area (Å²) < 4.78 is 0. The molecule has 2 atom stereocenters. The molecule has 0 aliphatic carbocycles. The summed E-state index contributed by atoms with van der Waals surface area (Å²) in [4.78, 5) is 2.22. The lowest BCUT2D eigenvalue weighted by molar-refractivity contribution is 0.382. The number of hydrogen-bond donors (Lipinski definition) is 1. The first-order chi connectivity index (χ1) is 8.54. The molecule has 0 aromatic heterocycles. The maximum Gasteiger partial charge on any atom is 0.0230 e. The fourth-order valence-electron chi connectivity index (χ4n) is 2.05. The Bertz CT molecular complexity index is 347. The average Bonchev–Trinajstić information content (AvgIpc) is 2.35. The van der Waals surface area contributed by atoms with Crippen molar-refractivity contribution in [1.82, 2.24) is 10.2 Å². The van der Waals surface area contributed by atoms with E-state index in [1.807, 2.05) is 0 Å². The Labute approximate surface area is 112 Å². The molecule has 0 radical (unpaired) electrons. The van der Waals surface area contributed by atoms with Crippen LogP contribution in [-0.4, -0.2) is 25.0 Å². The van der Waals surface area contributed by atoms with Crippen molar-refractivity contribution in [3.8, 4) is 0 Å². The van der Waals surface area contributed by atoms with Crippen LogP contribution in [0.3, 0.4) is 0 Å². The van der Waals surface area contributed by atoms with Gasteiger partial charge in [-0.3, -0.25) is 0 Å². The molecule has 0 amide bonds. The average molecular weight is 248 g/mol. The molecule has 0 aliphatic heterocycles. The Balaban J connectivity index is 2.61. The third-order valence-electron chi connectivity index (χ3n) is 3.72. The zero-order chi connectivity index (χ0) is 13.5. The Kier molecular flexibility index (Phi) is 6.37. The molecular formula is C16H28N2. The van der Waals surface area contributed by atoms with Gasteiger partial charge in [-0.05, 0) is 38.1 Å². The van der Waals surface area contributed by atoms with Crippen LogP contribution in [0.2, 0.25) is 0 Å². The van der Waals surface area contributed by atoms with Gasteiger partial charge in [0, 0.05) is 19.1 Å². The zero-order valence-electron chi connectivity index (χ0n) is 12.5. The second-order valence-corrected chi connectivity index (χ2v) is 5.56. The molecule has 2 unspecified atom stereocenters. The molecule has 1 aromatic rings. The highest BCUT2D eigenvalue weighted by Crippen LogP contribution is 2.12. The van der Waals surface area contributed by atoms with Crippen molar-refractivity contribution in [3.63, 3.8) is 0 Å². The molecular weight excluding hydrogens is 220 g/mol. The first kappa shape index (κ1) is 15.2. The third-order valence-corrected chi connectivity index (χ3v) is 3.72. The van der Waals surface area contributed by atoms with Gasteiger partial charge in [0.15, 0.2) is 0 Å². The molecule has 0 fully saturated rings. The predicted molar refractivity (Wildman–Crippen MR) is 79.6 cm³/mol. The van der Waals surface area contributed by atoms with Crippen molar-refractivity contribution < 1.29 is 0 Å². The summed E-state index contributed by atoms with van der Waals surface area (Å²) in [7, 11) is 4.23. The van der Waals surface area contributed by atoms with Crippen LogP contribution in [0, 0.1) is 5.92 Å².